The molecule has 0 saturated heterocycles. The first-order valence-corrected chi connectivity index (χ1v) is 13.8. The number of para-hydroxylation sites is 2. The Bertz CT molecular complexity index is 1400. The van der Waals surface area contributed by atoms with Gasteiger partial charge in [-0.25, -0.2) is 14.5 Å². The number of hydrogen-bond donors (Lipinski definition) is 0. The van der Waals surface area contributed by atoms with Gasteiger partial charge in [-0.1, -0.05) is 88.7 Å². The van der Waals surface area contributed by atoms with Crippen molar-refractivity contribution < 1.29 is 19.1 Å². The van der Waals surface area contributed by atoms with Gasteiger partial charge in [-0.2, -0.15) is 0 Å². The average Bonchev–Trinajstić information content (AvgIpc) is 2.94. The number of aryl methyl sites for hydroxylation is 1. The Labute approximate surface area is 237 Å². The van der Waals surface area contributed by atoms with Crippen LogP contribution in [-0.4, -0.2) is 12.1 Å². The number of hydrogen-bond acceptors (Lipinski definition) is 4. The molecule has 5 nitrogen and oxygen atoms in total. The molecule has 206 valence electrons. The fourth-order valence-electron chi connectivity index (χ4n) is 4.68. The third-order valence-electron chi connectivity index (χ3n) is 6.79. The van der Waals surface area contributed by atoms with Crippen molar-refractivity contribution >= 4 is 23.4 Å². The molecular formula is C35H37NO4. The molecule has 0 heterocycles. The fourth-order valence-corrected chi connectivity index (χ4v) is 4.68. The summed E-state index contributed by atoms with van der Waals surface area (Å²) in [5, 5.41) is 0. The van der Waals surface area contributed by atoms with E-state index in [1.165, 1.54) is 10.5 Å². The number of benzene rings is 4. The molecule has 4 rings (SSSR count). The lowest BCUT2D eigenvalue weighted by atomic mass is 9.84. The van der Waals surface area contributed by atoms with Crippen LogP contribution in [0.2, 0.25) is 0 Å². The van der Waals surface area contributed by atoms with E-state index in [-0.39, 0.29) is 16.9 Å². The summed E-state index contributed by atoms with van der Waals surface area (Å²) in [6.07, 6.45) is 2.57. The highest BCUT2D eigenvalue weighted by molar-refractivity contribution is 5.97. The summed E-state index contributed by atoms with van der Waals surface area (Å²) in [6, 6.07) is 29.7. The molecule has 1 amide bonds. The van der Waals surface area contributed by atoms with Crippen LogP contribution in [0.3, 0.4) is 0 Å². The normalized spacial score (nSPS) is 11.1. The van der Waals surface area contributed by atoms with Crippen molar-refractivity contribution in [2.24, 2.45) is 0 Å². The molecule has 0 unspecified atom stereocenters. The van der Waals surface area contributed by atoms with Crippen molar-refractivity contribution in [3.8, 4) is 11.5 Å². The van der Waals surface area contributed by atoms with Crippen LogP contribution in [0.25, 0.3) is 0 Å². The number of carbonyl (C=O) groups excluding carboxylic acids is 2. The first-order chi connectivity index (χ1) is 19.2. The van der Waals surface area contributed by atoms with Crippen molar-refractivity contribution in [2.45, 2.75) is 59.3 Å². The molecule has 0 spiro atoms. The SMILES string of the molecule is CCCCc1ccc(C(=O)Oc2ccc(C(C)(C)C)c(C)c2OC(=O)N(c2ccccc2)c2ccccc2)cc1. The third kappa shape index (κ3) is 6.78. The van der Waals surface area contributed by atoms with Gasteiger partial charge in [0.25, 0.3) is 0 Å². The standard InChI is InChI=1S/C35H37NO4/c1-6-7-14-26-19-21-27(22-20-26)33(37)39-31-24-23-30(35(3,4)5)25(2)32(31)40-34(38)36(28-15-10-8-11-16-28)29-17-12-9-13-18-29/h8-13,15-24H,6-7,14H2,1-5H3. The Balaban J connectivity index is 1.69. The number of esters is 1. The second kappa shape index (κ2) is 12.6. The topological polar surface area (TPSA) is 55.8 Å². The van der Waals surface area contributed by atoms with Crippen LogP contribution in [0.15, 0.2) is 97.1 Å². The predicted octanol–water partition coefficient (Wildman–Crippen LogP) is 9.19. The largest absolute Gasteiger partial charge is 0.424 e. The molecule has 4 aromatic rings. The summed E-state index contributed by atoms with van der Waals surface area (Å²) < 4.78 is 12.0. The number of carbonyl (C=O) groups is 2. The van der Waals surface area contributed by atoms with Gasteiger partial charge in [0, 0.05) is 0 Å². The Hall–Kier alpha value is -4.38. The zero-order valence-electron chi connectivity index (χ0n) is 23.9. The van der Waals surface area contributed by atoms with Crippen molar-refractivity contribution in [3.05, 3.63) is 119 Å². The Kier molecular flexibility index (Phi) is 9.05. The molecular weight excluding hydrogens is 498 g/mol. The highest BCUT2D eigenvalue weighted by atomic mass is 16.6. The van der Waals surface area contributed by atoms with E-state index in [0.29, 0.717) is 16.9 Å². The number of unbranched alkanes of at least 4 members (excludes halogenated alkanes) is 1. The van der Waals surface area contributed by atoms with Crippen LogP contribution in [0.5, 0.6) is 11.5 Å². The highest BCUT2D eigenvalue weighted by Crippen LogP contribution is 2.39. The highest BCUT2D eigenvalue weighted by Gasteiger charge is 2.27. The van der Waals surface area contributed by atoms with Gasteiger partial charge in [-0.05, 0) is 84.3 Å². The molecule has 0 saturated carbocycles. The van der Waals surface area contributed by atoms with Crippen LogP contribution in [0.4, 0.5) is 16.2 Å². The van der Waals surface area contributed by atoms with Crippen LogP contribution in [0, 0.1) is 6.92 Å². The van der Waals surface area contributed by atoms with E-state index in [1.54, 1.807) is 18.2 Å². The zero-order valence-corrected chi connectivity index (χ0v) is 23.9. The predicted molar refractivity (Wildman–Crippen MR) is 161 cm³/mol. The van der Waals surface area contributed by atoms with E-state index < -0.39 is 12.1 Å². The maximum atomic E-state index is 13.8. The number of ether oxygens (including phenoxy) is 2. The zero-order chi connectivity index (χ0) is 28.7. The van der Waals surface area contributed by atoms with Crippen molar-refractivity contribution in [3.63, 3.8) is 0 Å². The summed E-state index contributed by atoms with van der Waals surface area (Å²) in [7, 11) is 0. The second-order valence-electron chi connectivity index (χ2n) is 10.9. The molecule has 5 heteroatoms. The Morgan fingerprint density at radius 3 is 1.85 bits per heavy atom. The third-order valence-corrected chi connectivity index (χ3v) is 6.79. The lowest BCUT2D eigenvalue weighted by molar-refractivity contribution is 0.0729. The van der Waals surface area contributed by atoms with Gasteiger partial charge in [0.1, 0.15) is 0 Å². The summed E-state index contributed by atoms with van der Waals surface area (Å²) >= 11 is 0. The van der Waals surface area contributed by atoms with Crippen molar-refractivity contribution in [1.82, 2.24) is 0 Å². The van der Waals surface area contributed by atoms with Crippen LogP contribution >= 0.6 is 0 Å². The number of nitrogens with zero attached hydrogens (tertiary/aromatic N) is 1. The molecule has 0 N–H and O–H groups in total. The monoisotopic (exact) mass is 535 g/mol. The van der Waals surface area contributed by atoms with Gasteiger partial charge < -0.3 is 9.47 Å². The molecule has 0 atom stereocenters. The van der Waals surface area contributed by atoms with E-state index in [2.05, 4.69) is 27.7 Å². The van der Waals surface area contributed by atoms with Crippen LogP contribution in [-0.2, 0) is 11.8 Å². The summed E-state index contributed by atoms with van der Waals surface area (Å²) in [5.74, 6) is -0.0904. The molecule has 0 fully saturated rings. The maximum absolute atomic E-state index is 13.8. The Morgan fingerprint density at radius 1 is 0.750 bits per heavy atom. The Morgan fingerprint density at radius 2 is 1.32 bits per heavy atom. The molecule has 0 bridgehead atoms. The van der Waals surface area contributed by atoms with Crippen molar-refractivity contribution in [2.75, 3.05) is 4.90 Å². The molecule has 0 aromatic heterocycles. The van der Waals surface area contributed by atoms with E-state index in [0.717, 1.165) is 30.4 Å². The molecule has 0 aliphatic carbocycles. The minimum absolute atomic E-state index is 0.194. The van der Waals surface area contributed by atoms with Gasteiger partial charge in [0.05, 0.1) is 16.9 Å². The number of anilines is 2. The van der Waals surface area contributed by atoms with Crippen LogP contribution < -0.4 is 14.4 Å². The van der Waals surface area contributed by atoms with Gasteiger partial charge in [0.15, 0.2) is 11.5 Å². The molecule has 40 heavy (non-hydrogen) atoms. The molecule has 0 aliphatic heterocycles. The van der Waals surface area contributed by atoms with E-state index >= 15 is 0 Å². The minimum atomic E-state index is -0.607. The lowest BCUT2D eigenvalue weighted by Gasteiger charge is -2.26. The lowest BCUT2D eigenvalue weighted by Crippen LogP contribution is -2.30. The van der Waals surface area contributed by atoms with Crippen molar-refractivity contribution in [1.29, 1.82) is 0 Å². The minimum Gasteiger partial charge on any atom is -0.419 e. The maximum Gasteiger partial charge on any atom is 0.424 e. The summed E-state index contributed by atoms with van der Waals surface area (Å²) in [5.41, 5.74) is 4.44. The number of rotatable bonds is 8. The number of amides is 1. The first kappa shape index (κ1) is 28.6. The van der Waals surface area contributed by atoms with Gasteiger partial charge in [-0.15, -0.1) is 0 Å². The van der Waals surface area contributed by atoms with E-state index in [1.807, 2.05) is 85.8 Å². The molecule has 4 aromatic carbocycles. The fraction of sp³-hybridized carbons (Fsp3) is 0.257. The summed E-state index contributed by atoms with van der Waals surface area (Å²) in [4.78, 5) is 28.5. The van der Waals surface area contributed by atoms with Crippen LogP contribution in [0.1, 0.15) is 67.6 Å². The molecule has 0 aliphatic rings. The van der Waals surface area contributed by atoms with E-state index in [4.69, 9.17) is 9.47 Å². The van der Waals surface area contributed by atoms with E-state index in [9.17, 15) is 9.59 Å². The first-order valence-electron chi connectivity index (χ1n) is 13.8. The summed E-state index contributed by atoms with van der Waals surface area (Å²) in [6.45, 7) is 10.3. The van der Waals surface area contributed by atoms with Gasteiger partial charge >= 0.3 is 12.1 Å². The second-order valence-corrected chi connectivity index (χ2v) is 10.9. The molecule has 0 radical (unpaired) electrons. The average molecular weight is 536 g/mol. The van der Waals surface area contributed by atoms with Gasteiger partial charge in [0.2, 0.25) is 0 Å². The quantitative estimate of drug-likeness (QED) is 0.167. The van der Waals surface area contributed by atoms with Gasteiger partial charge in [-0.3, -0.25) is 0 Å². The smallest absolute Gasteiger partial charge is 0.419 e.